The average molecular weight is 236 g/mol. The summed E-state index contributed by atoms with van der Waals surface area (Å²) < 4.78 is 24.4. The number of halogens is 3. The molecule has 1 aromatic heterocycles. The molecule has 0 aliphatic rings. The quantitative estimate of drug-likeness (QED) is 0.641. The van der Waals surface area contributed by atoms with Crippen LogP contribution in [0.2, 0.25) is 5.15 Å². The lowest BCUT2D eigenvalue weighted by Crippen LogP contribution is -2.25. The molecule has 15 heavy (non-hydrogen) atoms. The van der Waals surface area contributed by atoms with E-state index in [1.165, 1.54) is 6.92 Å². The Balaban J connectivity index is 2.94. The molecule has 0 fully saturated rings. The molecule has 0 spiro atoms. The minimum absolute atomic E-state index is 0.0119. The SMILES string of the molecule is CC(Nc1ncnc(Cl)c1C=O)C(F)F. The Morgan fingerprint density at radius 1 is 1.53 bits per heavy atom. The summed E-state index contributed by atoms with van der Waals surface area (Å²) in [5, 5.41) is 2.32. The number of alkyl halides is 2. The van der Waals surface area contributed by atoms with Gasteiger partial charge in [0, 0.05) is 0 Å². The molecule has 0 radical (unpaired) electrons. The monoisotopic (exact) mass is 235 g/mol. The second-order valence-corrected chi connectivity index (χ2v) is 3.17. The largest absolute Gasteiger partial charge is 0.361 e. The molecule has 0 bridgehead atoms. The normalized spacial score (nSPS) is 12.6. The molecule has 1 heterocycles. The van der Waals surface area contributed by atoms with Gasteiger partial charge in [-0.1, -0.05) is 11.6 Å². The van der Waals surface area contributed by atoms with E-state index in [1.807, 2.05) is 0 Å². The zero-order chi connectivity index (χ0) is 11.4. The molecule has 1 N–H and O–H groups in total. The summed E-state index contributed by atoms with van der Waals surface area (Å²) in [7, 11) is 0. The van der Waals surface area contributed by atoms with Crippen LogP contribution in [0.3, 0.4) is 0 Å². The van der Waals surface area contributed by atoms with Crippen LogP contribution in [0.25, 0.3) is 0 Å². The smallest absolute Gasteiger partial charge is 0.258 e. The van der Waals surface area contributed by atoms with Crippen molar-refractivity contribution in [1.82, 2.24) is 9.97 Å². The number of hydrogen-bond acceptors (Lipinski definition) is 4. The van der Waals surface area contributed by atoms with Crippen molar-refractivity contribution < 1.29 is 13.6 Å². The van der Waals surface area contributed by atoms with E-state index in [-0.39, 0.29) is 16.5 Å². The first-order valence-corrected chi connectivity index (χ1v) is 4.44. The van der Waals surface area contributed by atoms with Gasteiger partial charge in [-0.3, -0.25) is 4.79 Å². The number of aldehydes is 1. The molecule has 0 aliphatic carbocycles. The second-order valence-electron chi connectivity index (χ2n) is 2.81. The van der Waals surface area contributed by atoms with Crippen molar-refractivity contribution in [2.75, 3.05) is 5.32 Å². The second kappa shape index (κ2) is 4.97. The van der Waals surface area contributed by atoms with Gasteiger partial charge in [0.25, 0.3) is 6.43 Å². The molecule has 0 saturated heterocycles. The molecule has 1 rings (SSSR count). The predicted molar refractivity (Wildman–Crippen MR) is 51.5 cm³/mol. The number of rotatable bonds is 4. The molecule has 0 amide bonds. The fourth-order valence-electron chi connectivity index (χ4n) is 0.872. The highest BCUT2D eigenvalue weighted by Crippen LogP contribution is 2.19. The van der Waals surface area contributed by atoms with E-state index in [1.54, 1.807) is 0 Å². The van der Waals surface area contributed by atoms with E-state index in [0.717, 1.165) is 6.33 Å². The number of hydrogen-bond donors (Lipinski definition) is 1. The van der Waals surface area contributed by atoms with Crippen molar-refractivity contribution >= 4 is 23.7 Å². The fourth-order valence-corrected chi connectivity index (χ4v) is 1.05. The number of nitrogens with one attached hydrogen (secondary N) is 1. The Morgan fingerprint density at radius 3 is 2.73 bits per heavy atom. The van der Waals surface area contributed by atoms with Crippen LogP contribution < -0.4 is 5.32 Å². The van der Waals surface area contributed by atoms with E-state index in [4.69, 9.17) is 11.6 Å². The first kappa shape index (κ1) is 11.8. The lowest BCUT2D eigenvalue weighted by atomic mass is 10.3. The zero-order valence-electron chi connectivity index (χ0n) is 7.75. The lowest BCUT2D eigenvalue weighted by Gasteiger charge is -2.14. The summed E-state index contributed by atoms with van der Waals surface area (Å²) >= 11 is 5.58. The van der Waals surface area contributed by atoms with Gasteiger partial charge in [-0.25, -0.2) is 18.7 Å². The van der Waals surface area contributed by atoms with Gasteiger partial charge >= 0.3 is 0 Å². The third-order valence-corrected chi connectivity index (χ3v) is 2.00. The van der Waals surface area contributed by atoms with Crippen LogP contribution in [0.1, 0.15) is 17.3 Å². The van der Waals surface area contributed by atoms with Crippen molar-refractivity contribution in [3.8, 4) is 0 Å². The Labute approximate surface area is 89.7 Å². The van der Waals surface area contributed by atoms with Crippen LogP contribution in [0.4, 0.5) is 14.6 Å². The van der Waals surface area contributed by atoms with Crippen LogP contribution in [0.15, 0.2) is 6.33 Å². The Hall–Kier alpha value is -1.30. The zero-order valence-corrected chi connectivity index (χ0v) is 8.50. The van der Waals surface area contributed by atoms with Crippen LogP contribution in [0.5, 0.6) is 0 Å². The van der Waals surface area contributed by atoms with E-state index in [0.29, 0.717) is 6.29 Å². The van der Waals surface area contributed by atoms with Crippen molar-refractivity contribution in [3.05, 3.63) is 17.0 Å². The van der Waals surface area contributed by atoms with Crippen LogP contribution in [-0.4, -0.2) is 28.7 Å². The summed E-state index contributed by atoms with van der Waals surface area (Å²) in [6, 6.07) is -1.12. The lowest BCUT2D eigenvalue weighted by molar-refractivity contribution is 0.112. The van der Waals surface area contributed by atoms with Gasteiger partial charge in [0.2, 0.25) is 0 Å². The molecule has 7 heteroatoms. The van der Waals surface area contributed by atoms with Gasteiger partial charge in [0.1, 0.15) is 17.3 Å². The Bertz CT molecular complexity index is 362. The van der Waals surface area contributed by atoms with Crippen LogP contribution >= 0.6 is 11.6 Å². The first-order valence-electron chi connectivity index (χ1n) is 4.06. The summed E-state index contributed by atoms with van der Waals surface area (Å²) in [5.41, 5.74) is -0.0216. The highest BCUT2D eigenvalue weighted by atomic mass is 35.5. The number of carbonyl (C=O) groups is 1. The van der Waals surface area contributed by atoms with Gasteiger partial charge < -0.3 is 5.32 Å². The van der Waals surface area contributed by atoms with Crippen LogP contribution in [-0.2, 0) is 0 Å². The molecule has 82 valence electrons. The Kier molecular flexibility index (Phi) is 3.90. The van der Waals surface area contributed by atoms with Gasteiger partial charge in [-0.05, 0) is 6.92 Å². The van der Waals surface area contributed by atoms with E-state index in [2.05, 4.69) is 15.3 Å². The molecule has 1 unspecified atom stereocenters. The number of anilines is 1. The number of carbonyl (C=O) groups excluding carboxylic acids is 1. The van der Waals surface area contributed by atoms with E-state index < -0.39 is 12.5 Å². The molecular weight excluding hydrogens is 228 g/mol. The molecule has 0 aliphatic heterocycles. The highest BCUT2D eigenvalue weighted by Gasteiger charge is 2.17. The van der Waals surface area contributed by atoms with Gasteiger partial charge in [-0.2, -0.15) is 0 Å². The molecular formula is C8H8ClF2N3O. The maximum absolute atomic E-state index is 12.2. The minimum Gasteiger partial charge on any atom is -0.361 e. The van der Waals surface area contributed by atoms with Crippen LogP contribution in [0, 0.1) is 0 Å². The van der Waals surface area contributed by atoms with Crippen molar-refractivity contribution in [2.45, 2.75) is 19.4 Å². The maximum atomic E-state index is 12.2. The predicted octanol–water partition coefficient (Wildman–Crippen LogP) is 2.01. The molecule has 1 aromatic rings. The number of nitrogens with zero attached hydrogens (tertiary/aromatic N) is 2. The molecule has 1 atom stereocenters. The third-order valence-electron chi connectivity index (χ3n) is 1.70. The van der Waals surface area contributed by atoms with Gasteiger partial charge in [-0.15, -0.1) is 0 Å². The highest BCUT2D eigenvalue weighted by molar-refractivity contribution is 6.32. The van der Waals surface area contributed by atoms with Crippen molar-refractivity contribution in [3.63, 3.8) is 0 Å². The topological polar surface area (TPSA) is 54.9 Å². The molecule has 4 nitrogen and oxygen atoms in total. The van der Waals surface area contributed by atoms with Gasteiger partial charge in [0.15, 0.2) is 6.29 Å². The van der Waals surface area contributed by atoms with Gasteiger partial charge in [0.05, 0.1) is 11.6 Å². The summed E-state index contributed by atoms with van der Waals surface area (Å²) in [4.78, 5) is 17.8. The third kappa shape index (κ3) is 2.82. The molecule has 0 saturated carbocycles. The fraction of sp³-hybridized carbons (Fsp3) is 0.375. The first-order chi connectivity index (χ1) is 7.06. The summed E-state index contributed by atoms with van der Waals surface area (Å²) in [6.07, 6.45) is -1.04. The summed E-state index contributed by atoms with van der Waals surface area (Å²) in [6.45, 7) is 1.27. The van der Waals surface area contributed by atoms with E-state index >= 15 is 0 Å². The average Bonchev–Trinajstić information content (AvgIpc) is 2.18. The molecule has 0 aromatic carbocycles. The van der Waals surface area contributed by atoms with Crippen molar-refractivity contribution in [2.24, 2.45) is 0 Å². The Morgan fingerprint density at radius 2 is 2.20 bits per heavy atom. The summed E-state index contributed by atoms with van der Waals surface area (Å²) in [5.74, 6) is 0.0119. The number of aromatic nitrogens is 2. The minimum atomic E-state index is -2.56. The van der Waals surface area contributed by atoms with Crippen molar-refractivity contribution in [1.29, 1.82) is 0 Å². The maximum Gasteiger partial charge on any atom is 0.258 e. The standard InChI is InChI=1S/C8H8ClF2N3O/c1-4(7(10)11)14-8-5(2-15)6(9)12-3-13-8/h2-4,7H,1H3,(H,12,13,14). The van der Waals surface area contributed by atoms with E-state index in [9.17, 15) is 13.6 Å².